The van der Waals surface area contributed by atoms with Crippen LogP contribution in [0.2, 0.25) is 10.0 Å². The normalized spacial score (nSPS) is 10.4. The molecule has 0 unspecified atom stereocenters. The van der Waals surface area contributed by atoms with Gasteiger partial charge in [0.15, 0.2) is 5.82 Å². The average molecular weight is 314 g/mol. The lowest BCUT2D eigenvalue weighted by Crippen LogP contribution is -1.99. The summed E-state index contributed by atoms with van der Waals surface area (Å²) in [7, 11) is 0. The van der Waals surface area contributed by atoms with E-state index in [1.165, 1.54) is 24.3 Å². The molecule has 0 aliphatic carbocycles. The van der Waals surface area contributed by atoms with Gasteiger partial charge in [-0.2, -0.15) is 0 Å². The van der Waals surface area contributed by atoms with Crippen molar-refractivity contribution in [1.82, 2.24) is 0 Å². The van der Waals surface area contributed by atoms with Crippen molar-refractivity contribution in [3.05, 3.63) is 57.3 Å². The number of aromatic carboxylic acids is 1. The SMILES string of the molecule is Cc1cc(C(=O)O)ccc1Nc1cc(Cl)c(F)c(Cl)c1. The number of carboxylic acids is 1. The molecule has 0 heterocycles. The number of carbonyl (C=O) groups is 1. The molecule has 104 valence electrons. The second-order valence-electron chi connectivity index (χ2n) is 4.21. The number of rotatable bonds is 3. The van der Waals surface area contributed by atoms with Crippen molar-refractivity contribution in [2.75, 3.05) is 5.32 Å². The van der Waals surface area contributed by atoms with Gasteiger partial charge in [-0.15, -0.1) is 0 Å². The summed E-state index contributed by atoms with van der Waals surface area (Å²) in [5.41, 5.74) is 2.14. The topological polar surface area (TPSA) is 49.3 Å². The molecule has 20 heavy (non-hydrogen) atoms. The van der Waals surface area contributed by atoms with Crippen LogP contribution in [0, 0.1) is 12.7 Å². The zero-order valence-corrected chi connectivity index (χ0v) is 11.9. The van der Waals surface area contributed by atoms with Crippen LogP contribution in [0.5, 0.6) is 0 Å². The van der Waals surface area contributed by atoms with Crippen LogP contribution < -0.4 is 5.32 Å². The summed E-state index contributed by atoms with van der Waals surface area (Å²) in [6.45, 7) is 1.77. The molecule has 6 heteroatoms. The van der Waals surface area contributed by atoms with Gasteiger partial charge in [0, 0.05) is 11.4 Å². The number of hydrogen-bond donors (Lipinski definition) is 2. The van der Waals surface area contributed by atoms with E-state index in [2.05, 4.69) is 5.32 Å². The summed E-state index contributed by atoms with van der Waals surface area (Å²) in [6, 6.07) is 7.46. The molecule has 0 saturated carbocycles. The lowest BCUT2D eigenvalue weighted by atomic mass is 10.1. The summed E-state index contributed by atoms with van der Waals surface area (Å²) >= 11 is 11.4. The predicted molar refractivity (Wildman–Crippen MR) is 77.8 cm³/mol. The van der Waals surface area contributed by atoms with Gasteiger partial charge in [0.2, 0.25) is 0 Å². The molecule has 2 aromatic carbocycles. The zero-order valence-electron chi connectivity index (χ0n) is 10.4. The molecule has 2 rings (SSSR count). The summed E-state index contributed by atoms with van der Waals surface area (Å²) < 4.78 is 13.3. The van der Waals surface area contributed by atoms with Crippen molar-refractivity contribution in [2.45, 2.75) is 6.92 Å². The highest BCUT2D eigenvalue weighted by Gasteiger charge is 2.09. The minimum absolute atomic E-state index is 0.0835. The van der Waals surface area contributed by atoms with Gasteiger partial charge < -0.3 is 10.4 Å². The van der Waals surface area contributed by atoms with Crippen molar-refractivity contribution < 1.29 is 14.3 Å². The van der Waals surface area contributed by atoms with E-state index in [4.69, 9.17) is 28.3 Å². The second kappa shape index (κ2) is 5.69. The molecule has 0 spiro atoms. The predicted octanol–water partition coefficient (Wildman–Crippen LogP) is 4.88. The van der Waals surface area contributed by atoms with Gasteiger partial charge in [-0.05, 0) is 42.8 Å². The number of nitrogens with one attached hydrogen (secondary N) is 1. The number of anilines is 2. The van der Waals surface area contributed by atoms with Crippen molar-refractivity contribution in [2.24, 2.45) is 0 Å². The van der Waals surface area contributed by atoms with Crippen LogP contribution in [0.4, 0.5) is 15.8 Å². The van der Waals surface area contributed by atoms with Crippen molar-refractivity contribution in [3.63, 3.8) is 0 Å². The summed E-state index contributed by atoms with van der Waals surface area (Å²) in [5, 5.41) is 11.7. The van der Waals surface area contributed by atoms with Crippen LogP contribution in [0.15, 0.2) is 30.3 Å². The molecular formula is C14H10Cl2FNO2. The smallest absolute Gasteiger partial charge is 0.335 e. The maximum Gasteiger partial charge on any atom is 0.335 e. The zero-order chi connectivity index (χ0) is 14.9. The van der Waals surface area contributed by atoms with E-state index in [0.717, 1.165) is 5.56 Å². The summed E-state index contributed by atoms with van der Waals surface area (Å²) in [4.78, 5) is 10.9. The van der Waals surface area contributed by atoms with Gasteiger partial charge in [-0.25, -0.2) is 9.18 Å². The molecule has 0 aromatic heterocycles. The Morgan fingerprint density at radius 2 is 1.80 bits per heavy atom. The van der Waals surface area contributed by atoms with E-state index in [9.17, 15) is 9.18 Å². The third-order valence-corrected chi connectivity index (χ3v) is 3.29. The number of hydrogen-bond acceptors (Lipinski definition) is 2. The fourth-order valence-corrected chi connectivity index (χ4v) is 2.21. The second-order valence-corrected chi connectivity index (χ2v) is 5.03. The lowest BCUT2D eigenvalue weighted by molar-refractivity contribution is 0.0697. The Hall–Kier alpha value is -1.78. The highest BCUT2D eigenvalue weighted by Crippen LogP contribution is 2.30. The fourth-order valence-electron chi connectivity index (χ4n) is 1.72. The van der Waals surface area contributed by atoms with Crippen molar-refractivity contribution in [3.8, 4) is 0 Å². The largest absolute Gasteiger partial charge is 0.478 e. The Balaban J connectivity index is 2.33. The molecule has 2 aromatic rings. The maximum absolute atomic E-state index is 13.3. The van der Waals surface area contributed by atoms with Gasteiger partial charge in [-0.1, -0.05) is 23.2 Å². The van der Waals surface area contributed by atoms with E-state index in [-0.39, 0.29) is 15.6 Å². The molecule has 0 amide bonds. The minimum Gasteiger partial charge on any atom is -0.478 e. The molecule has 2 N–H and O–H groups in total. The lowest BCUT2D eigenvalue weighted by Gasteiger charge is -2.11. The van der Waals surface area contributed by atoms with E-state index >= 15 is 0 Å². The Morgan fingerprint density at radius 1 is 1.20 bits per heavy atom. The number of benzene rings is 2. The first kappa shape index (κ1) is 14.6. The van der Waals surface area contributed by atoms with E-state index in [0.29, 0.717) is 11.4 Å². The molecule has 0 atom stereocenters. The van der Waals surface area contributed by atoms with Crippen LogP contribution in [-0.2, 0) is 0 Å². The maximum atomic E-state index is 13.3. The molecule has 0 radical (unpaired) electrons. The Bertz CT molecular complexity index is 666. The molecule has 3 nitrogen and oxygen atoms in total. The summed E-state index contributed by atoms with van der Waals surface area (Å²) in [6.07, 6.45) is 0. The van der Waals surface area contributed by atoms with Crippen molar-refractivity contribution in [1.29, 1.82) is 0 Å². The van der Waals surface area contributed by atoms with Crippen LogP contribution in [0.25, 0.3) is 0 Å². The minimum atomic E-state index is -0.993. The molecule has 0 saturated heterocycles. The first-order chi connectivity index (χ1) is 9.38. The highest BCUT2D eigenvalue weighted by molar-refractivity contribution is 6.35. The fraction of sp³-hybridized carbons (Fsp3) is 0.0714. The monoisotopic (exact) mass is 313 g/mol. The van der Waals surface area contributed by atoms with Crippen molar-refractivity contribution >= 4 is 40.5 Å². The molecule has 0 aliphatic heterocycles. The van der Waals surface area contributed by atoms with E-state index in [1.807, 2.05) is 0 Å². The van der Waals surface area contributed by atoms with Gasteiger partial charge in [0.1, 0.15) is 0 Å². The average Bonchev–Trinajstić information content (AvgIpc) is 2.38. The first-order valence-electron chi connectivity index (χ1n) is 5.64. The molecule has 0 fully saturated rings. The number of aryl methyl sites for hydroxylation is 1. The Morgan fingerprint density at radius 3 is 2.30 bits per heavy atom. The number of carboxylic acid groups (broad SMARTS) is 1. The van der Waals surface area contributed by atoms with E-state index in [1.54, 1.807) is 13.0 Å². The molecular weight excluding hydrogens is 304 g/mol. The van der Waals surface area contributed by atoms with Gasteiger partial charge in [-0.3, -0.25) is 0 Å². The van der Waals surface area contributed by atoms with E-state index < -0.39 is 11.8 Å². The van der Waals surface area contributed by atoms with Crippen LogP contribution in [0.1, 0.15) is 15.9 Å². The Kier molecular flexibility index (Phi) is 4.16. The quantitative estimate of drug-likeness (QED) is 0.794. The molecule has 0 bridgehead atoms. The summed E-state index contributed by atoms with van der Waals surface area (Å²) in [5.74, 6) is -1.66. The van der Waals surface area contributed by atoms with Crippen LogP contribution >= 0.6 is 23.2 Å². The Labute approximate surface area is 124 Å². The van der Waals surface area contributed by atoms with Gasteiger partial charge in [0.25, 0.3) is 0 Å². The van der Waals surface area contributed by atoms with Crippen LogP contribution in [0.3, 0.4) is 0 Å². The molecule has 0 aliphatic rings. The van der Waals surface area contributed by atoms with Crippen LogP contribution in [-0.4, -0.2) is 11.1 Å². The highest BCUT2D eigenvalue weighted by atomic mass is 35.5. The third-order valence-electron chi connectivity index (χ3n) is 2.74. The number of halogens is 3. The first-order valence-corrected chi connectivity index (χ1v) is 6.39. The third kappa shape index (κ3) is 3.03. The van der Waals surface area contributed by atoms with Gasteiger partial charge >= 0.3 is 5.97 Å². The standard InChI is InChI=1S/C14H10Cl2FNO2/c1-7-4-8(14(19)20)2-3-12(7)18-9-5-10(15)13(17)11(16)6-9/h2-6,18H,1H3,(H,19,20). The van der Waals surface area contributed by atoms with Gasteiger partial charge in [0.05, 0.1) is 15.6 Å².